The summed E-state index contributed by atoms with van der Waals surface area (Å²) in [5, 5.41) is 2.39. The molecule has 2 N–H and O–H groups in total. The van der Waals surface area contributed by atoms with E-state index in [0.717, 1.165) is 12.1 Å². The largest absolute Gasteiger partial charge is 0.495 e. The number of hydrogen-bond donors (Lipinski definition) is 2. The van der Waals surface area contributed by atoms with Crippen molar-refractivity contribution in [2.24, 2.45) is 0 Å². The van der Waals surface area contributed by atoms with Crippen molar-refractivity contribution >= 4 is 27.3 Å². The van der Waals surface area contributed by atoms with E-state index in [1.54, 1.807) is 18.2 Å². The Labute approximate surface area is 166 Å². The van der Waals surface area contributed by atoms with Gasteiger partial charge in [-0.25, -0.2) is 17.2 Å². The van der Waals surface area contributed by atoms with Crippen LogP contribution in [0.15, 0.2) is 71.6 Å². The Morgan fingerprint density at radius 1 is 0.931 bits per heavy atom. The van der Waals surface area contributed by atoms with Crippen LogP contribution in [0.5, 0.6) is 5.75 Å². The summed E-state index contributed by atoms with van der Waals surface area (Å²) in [5.41, 5.74) is 0.304. The van der Waals surface area contributed by atoms with Gasteiger partial charge in [-0.05, 0) is 42.5 Å². The van der Waals surface area contributed by atoms with Crippen LogP contribution in [0.2, 0.25) is 0 Å². The highest BCUT2D eigenvalue weighted by atomic mass is 32.2. The lowest BCUT2D eigenvalue weighted by molar-refractivity contribution is 0.102. The zero-order valence-corrected chi connectivity index (χ0v) is 16.0. The number of halogens is 2. The van der Waals surface area contributed by atoms with Gasteiger partial charge in [0.1, 0.15) is 5.75 Å². The highest BCUT2D eigenvalue weighted by molar-refractivity contribution is 7.92. The molecule has 0 aliphatic heterocycles. The molecule has 3 aromatic rings. The molecule has 3 rings (SSSR count). The number of hydrogen-bond acceptors (Lipinski definition) is 4. The van der Waals surface area contributed by atoms with E-state index in [2.05, 4.69) is 10.0 Å². The number of ether oxygens (including phenoxy) is 1. The number of anilines is 2. The Hall–Kier alpha value is -3.46. The highest BCUT2D eigenvalue weighted by Gasteiger charge is 2.18. The summed E-state index contributed by atoms with van der Waals surface area (Å²) in [7, 11) is -2.59. The average molecular weight is 418 g/mol. The molecule has 0 radical (unpaired) electrons. The minimum atomic E-state index is -4.01. The number of sulfonamides is 1. The van der Waals surface area contributed by atoms with Crippen molar-refractivity contribution in [2.45, 2.75) is 4.90 Å². The minimum absolute atomic E-state index is 0.0256. The lowest BCUT2D eigenvalue weighted by atomic mass is 10.2. The van der Waals surface area contributed by atoms with Gasteiger partial charge in [-0.3, -0.25) is 9.52 Å². The van der Waals surface area contributed by atoms with Gasteiger partial charge in [-0.2, -0.15) is 0 Å². The van der Waals surface area contributed by atoms with Crippen LogP contribution < -0.4 is 14.8 Å². The van der Waals surface area contributed by atoms with Gasteiger partial charge in [0.05, 0.1) is 17.7 Å². The normalized spacial score (nSPS) is 11.0. The molecule has 6 nitrogen and oxygen atoms in total. The summed E-state index contributed by atoms with van der Waals surface area (Å²) in [5.74, 6) is -2.49. The summed E-state index contributed by atoms with van der Waals surface area (Å²) >= 11 is 0. The van der Waals surface area contributed by atoms with Gasteiger partial charge in [0.15, 0.2) is 11.6 Å². The van der Waals surface area contributed by atoms with Gasteiger partial charge in [0, 0.05) is 17.3 Å². The van der Waals surface area contributed by atoms with Crippen LogP contribution in [0.25, 0.3) is 0 Å². The number of amides is 1. The van der Waals surface area contributed by atoms with Gasteiger partial charge in [0.25, 0.3) is 15.9 Å². The maximum atomic E-state index is 13.3. The Kier molecular flexibility index (Phi) is 5.79. The Balaban J connectivity index is 1.84. The van der Waals surface area contributed by atoms with E-state index >= 15 is 0 Å². The molecule has 0 saturated carbocycles. The Morgan fingerprint density at radius 2 is 1.69 bits per heavy atom. The first-order valence-corrected chi connectivity index (χ1v) is 9.81. The van der Waals surface area contributed by atoms with Crippen LogP contribution in [-0.4, -0.2) is 21.4 Å². The van der Waals surface area contributed by atoms with Gasteiger partial charge >= 0.3 is 0 Å². The lowest BCUT2D eigenvalue weighted by Crippen LogP contribution is -2.16. The van der Waals surface area contributed by atoms with Crippen molar-refractivity contribution in [3.05, 3.63) is 83.9 Å². The fraction of sp³-hybridized carbons (Fsp3) is 0.0500. The first-order valence-electron chi connectivity index (χ1n) is 8.32. The molecule has 0 saturated heterocycles. The van der Waals surface area contributed by atoms with Gasteiger partial charge in [-0.1, -0.05) is 18.2 Å². The predicted octanol–water partition coefficient (Wildman–Crippen LogP) is 4.03. The number of rotatable bonds is 6. The zero-order valence-electron chi connectivity index (χ0n) is 15.1. The van der Waals surface area contributed by atoms with E-state index in [0.29, 0.717) is 5.75 Å². The highest BCUT2D eigenvalue weighted by Crippen LogP contribution is 2.26. The number of benzene rings is 3. The molecule has 0 spiro atoms. The van der Waals surface area contributed by atoms with Crippen LogP contribution >= 0.6 is 0 Å². The fourth-order valence-electron chi connectivity index (χ4n) is 2.51. The van der Waals surface area contributed by atoms with E-state index in [1.165, 1.54) is 43.5 Å². The van der Waals surface area contributed by atoms with Gasteiger partial charge in [0.2, 0.25) is 0 Å². The maximum absolute atomic E-state index is 13.3. The van der Waals surface area contributed by atoms with E-state index in [4.69, 9.17) is 4.74 Å². The molecule has 0 heterocycles. The molecular weight excluding hydrogens is 402 g/mol. The molecular formula is C20H16F2N2O4S. The number of methoxy groups -OCH3 is 1. The molecule has 0 aliphatic carbocycles. The molecule has 0 unspecified atom stereocenters. The summed E-state index contributed by atoms with van der Waals surface area (Å²) in [6.45, 7) is 0. The van der Waals surface area contributed by atoms with Crippen molar-refractivity contribution in [3.63, 3.8) is 0 Å². The second-order valence-electron chi connectivity index (χ2n) is 5.92. The Bertz CT molecular complexity index is 1170. The molecule has 0 fully saturated rings. The number of carbonyl (C=O) groups excluding carboxylic acids is 1. The Morgan fingerprint density at radius 3 is 2.41 bits per heavy atom. The number of carbonyl (C=O) groups is 1. The summed E-state index contributed by atoms with van der Waals surface area (Å²) in [6, 6.07) is 14.7. The van der Waals surface area contributed by atoms with E-state index in [-0.39, 0.29) is 21.8 Å². The smallest absolute Gasteiger partial charge is 0.262 e. The van der Waals surface area contributed by atoms with E-state index < -0.39 is 27.6 Å². The third-order valence-corrected chi connectivity index (χ3v) is 5.30. The van der Waals surface area contributed by atoms with Crippen LogP contribution in [0.1, 0.15) is 10.4 Å². The van der Waals surface area contributed by atoms with E-state index in [9.17, 15) is 22.0 Å². The van der Waals surface area contributed by atoms with Crippen molar-refractivity contribution in [3.8, 4) is 5.75 Å². The fourth-order valence-corrected chi connectivity index (χ4v) is 3.63. The third-order valence-electron chi connectivity index (χ3n) is 3.94. The zero-order chi connectivity index (χ0) is 21.0. The topological polar surface area (TPSA) is 84.5 Å². The van der Waals surface area contributed by atoms with Crippen molar-refractivity contribution < 1.29 is 26.7 Å². The second-order valence-corrected chi connectivity index (χ2v) is 7.60. The number of nitrogens with one attached hydrogen (secondary N) is 2. The molecule has 3 aromatic carbocycles. The van der Waals surface area contributed by atoms with Crippen LogP contribution in [0, 0.1) is 11.6 Å². The average Bonchev–Trinajstić information content (AvgIpc) is 2.71. The third kappa shape index (κ3) is 4.69. The molecule has 0 bridgehead atoms. The lowest BCUT2D eigenvalue weighted by Gasteiger charge is -2.12. The summed E-state index contributed by atoms with van der Waals surface area (Å²) in [6.07, 6.45) is 0. The first-order chi connectivity index (χ1) is 13.8. The summed E-state index contributed by atoms with van der Waals surface area (Å²) < 4.78 is 59.2. The standard InChI is InChI=1S/C20H16F2N2O4S/c1-28-19-8-3-2-7-18(19)24-29(26,27)15-6-4-5-13(11-15)20(25)23-14-9-10-16(21)17(22)12-14/h2-12,24H,1H3,(H,23,25). The maximum Gasteiger partial charge on any atom is 0.262 e. The monoisotopic (exact) mass is 418 g/mol. The second kappa shape index (κ2) is 8.27. The van der Waals surface area contributed by atoms with E-state index in [1.807, 2.05) is 0 Å². The minimum Gasteiger partial charge on any atom is -0.495 e. The summed E-state index contributed by atoms with van der Waals surface area (Å²) in [4.78, 5) is 12.2. The SMILES string of the molecule is COc1ccccc1NS(=O)(=O)c1cccc(C(=O)Nc2ccc(F)c(F)c2)c1. The van der Waals surface area contributed by atoms with Crippen molar-refractivity contribution in [1.82, 2.24) is 0 Å². The molecule has 9 heteroatoms. The van der Waals surface area contributed by atoms with Gasteiger partial charge < -0.3 is 10.1 Å². The molecule has 150 valence electrons. The van der Waals surface area contributed by atoms with Crippen molar-refractivity contribution in [1.29, 1.82) is 0 Å². The van der Waals surface area contributed by atoms with Crippen LogP contribution in [0.4, 0.5) is 20.2 Å². The van der Waals surface area contributed by atoms with Crippen molar-refractivity contribution in [2.75, 3.05) is 17.1 Å². The predicted molar refractivity (Wildman–Crippen MR) is 105 cm³/mol. The molecule has 29 heavy (non-hydrogen) atoms. The first kappa shape index (κ1) is 20.3. The molecule has 1 amide bonds. The van der Waals surface area contributed by atoms with Crippen LogP contribution in [0.3, 0.4) is 0 Å². The molecule has 0 aliphatic rings. The molecule has 0 atom stereocenters. The quantitative estimate of drug-likeness (QED) is 0.633. The van der Waals surface area contributed by atoms with Crippen LogP contribution in [-0.2, 0) is 10.0 Å². The van der Waals surface area contributed by atoms with Gasteiger partial charge in [-0.15, -0.1) is 0 Å². The number of para-hydroxylation sites is 2. The molecule has 0 aromatic heterocycles.